The second-order valence-electron chi connectivity index (χ2n) is 7.41. The van der Waals surface area contributed by atoms with Crippen molar-refractivity contribution in [3.05, 3.63) is 47.2 Å². The van der Waals surface area contributed by atoms with Gasteiger partial charge in [0.15, 0.2) is 0 Å². The molecule has 1 aliphatic rings. The monoisotopic (exact) mass is 389 g/mol. The standard InChI is InChI=1S/C20H25F2N5O/c1-12-8-18(27(2)3)26-20(23-12)25-17-6-4-16(5-7-17)24-19(28)13-9-14(21)11-15(22)10-13/h8-11,16-17H,4-7H2,1-3H3,(H,24,28)(H,23,25,26)/t16-,17+. The van der Waals surface area contributed by atoms with E-state index in [1.165, 1.54) is 0 Å². The van der Waals surface area contributed by atoms with Crippen molar-refractivity contribution in [1.82, 2.24) is 15.3 Å². The number of benzene rings is 1. The van der Waals surface area contributed by atoms with Crippen molar-refractivity contribution in [1.29, 1.82) is 0 Å². The zero-order valence-electron chi connectivity index (χ0n) is 16.3. The Hall–Kier alpha value is -2.77. The van der Waals surface area contributed by atoms with Crippen LogP contribution in [0.3, 0.4) is 0 Å². The van der Waals surface area contributed by atoms with Crippen LogP contribution in [-0.2, 0) is 0 Å². The molecule has 0 aliphatic heterocycles. The molecule has 150 valence electrons. The summed E-state index contributed by atoms with van der Waals surface area (Å²) in [5, 5.41) is 6.25. The van der Waals surface area contributed by atoms with Gasteiger partial charge in [0.25, 0.3) is 5.91 Å². The van der Waals surface area contributed by atoms with Gasteiger partial charge in [0.2, 0.25) is 5.95 Å². The van der Waals surface area contributed by atoms with Crippen molar-refractivity contribution in [2.75, 3.05) is 24.3 Å². The summed E-state index contributed by atoms with van der Waals surface area (Å²) >= 11 is 0. The van der Waals surface area contributed by atoms with Gasteiger partial charge in [-0.15, -0.1) is 0 Å². The van der Waals surface area contributed by atoms with E-state index >= 15 is 0 Å². The molecule has 0 atom stereocenters. The molecule has 0 bridgehead atoms. The maximum absolute atomic E-state index is 13.3. The van der Waals surface area contributed by atoms with Crippen LogP contribution in [0.25, 0.3) is 0 Å². The van der Waals surface area contributed by atoms with E-state index in [1.807, 2.05) is 32.0 Å². The lowest BCUT2D eigenvalue weighted by Crippen LogP contribution is -2.40. The molecule has 6 nitrogen and oxygen atoms in total. The Labute approximate surface area is 163 Å². The summed E-state index contributed by atoms with van der Waals surface area (Å²) in [4.78, 5) is 23.1. The molecule has 2 aromatic rings. The van der Waals surface area contributed by atoms with E-state index in [0.717, 1.165) is 55.4 Å². The summed E-state index contributed by atoms with van der Waals surface area (Å²) in [5.74, 6) is -0.515. The first kappa shape index (κ1) is 20.0. The maximum Gasteiger partial charge on any atom is 0.251 e. The van der Waals surface area contributed by atoms with E-state index < -0.39 is 17.5 Å². The van der Waals surface area contributed by atoms with Crippen LogP contribution >= 0.6 is 0 Å². The first-order chi connectivity index (χ1) is 13.3. The molecule has 1 fully saturated rings. The van der Waals surface area contributed by atoms with Gasteiger partial charge in [-0.2, -0.15) is 4.98 Å². The zero-order valence-corrected chi connectivity index (χ0v) is 16.3. The minimum absolute atomic E-state index is 0.00197. The Balaban J connectivity index is 1.54. The van der Waals surface area contributed by atoms with E-state index in [1.54, 1.807) is 0 Å². The summed E-state index contributed by atoms with van der Waals surface area (Å²) in [6, 6.07) is 4.96. The van der Waals surface area contributed by atoms with Crippen LogP contribution in [0.1, 0.15) is 41.7 Å². The maximum atomic E-state index is 13.3. The van der Waals surface area contributed by atoms with Gasteiger partial charge in [0.1, 0.15) is 17.5 Å². The fourth-order valence-electron chi connectivity index (χ4n) is 3.36. The number of anilines is 2. The lowest BCUT2D eigenvalue weighted by molar-refractivity contribution is 0.0925. The molecule has 1 aliphatic carbocycles. The first-order valence-corrected chi connectivity index (χ1v) is 9.36. The Morgan fingerprint density at radius 2 is 1.61 bits per heavy atom. The molecule has 0 radical (unpaired) electrons. The topological polar surface area (TPSA) is 70.2 Å². The summed E-state index contributed by atoms with van der Waals surface area (Å²) in [5.41, 5.74) is 0.895. The predicted molar refractivity (Wildman–Crippen MR) is 105 cm³/mol. The highest BCUT2D eigenvalue weighted by molar-refractivity contribution is 5.94. The average Bonchev–Trinajstić information content (AvgIpc) is 2.62. The predicted octanol–water partition coefficient (Wildman–Crippen LogP) is 3.28. The number of rotatable bonds is 5. The van der Waals surface area contributed by atoms with Crippen LogP contribution < -0.4 is 15.5 Å². The van der Waals surface area contributed by atoms with Crippen LogP contribution in [0, 0.1) is 18.6 Å². The quantitative estimate of drug-likeness (QED) is 0.821. The molecule has 8 heteroatoms. The van der Waals surface area contributed by atoms with Crippen molar-refractivity contribution in [2.45, 2.75) is 44.7 Å². The minimum atomic E-state index is -0.756. The molecule has 0 spiro atoms. The normalized spacial score (nSPS) is 19.2. The molecule has 1 heterocycles. The van der Waals surface area contributed by atoms with E-state index in [0.29, 0.717) is 5.95 Å². The summed E-state index contributed by atoms with van der Waals surface area (Å²) < 4.78 is 26.6. The van der Waals surface area contributed by atoms with Crippen molar-refractivity contribution >= 4 is 17.7 Å². The molecule has 1 saturated carbocycles. The van der Waals surface area contributed by atoms with Crippen molar-refractivity contribution in [3.8, 4) is 0 Å². The summed E-state index contributed by atoms with van der Waals surface area (Å²) in [6.45, 7) is 1.93. The number of amides is 1. The van der Waals surface area contributed by atoms with Crippen LogP contribution in [0.4, 0.5) is 20.5 Å². The van der Waals surface area contributed by atoms with Crippen molar-refractivity contribution < 1.29 is 13.6 Å². The van der Waals surface area contributed by atoms with Crippen molar-refractivity contribution in [3.63, 3.8) is 0 Å². The van der Waals surface area contributed by atoms with Crippen LogP contribution in [0.2, 0.25) is 0 Å². The number of carbonyl (C=O) groups excluding carboxylic acids is 1. The number of hydrogen-bond acceptors (Lipinski definition) is 5. The third-order valence-corrected chi connectivity index (χ3v) is 4.82. The zero-order chi connectivity index (χ0) is 20.3. The van der Waals surface area contributed by atoms with E-state index in [9.17, 15) is 13.6 Å². The van der Waals surface area contributed by atoms with Crippen LogP contribution in [-0.4, -0.2) is 42.1 Å². The smallest absolute Gasteiger partial charge is 0.251 e. The summed E-state index contributed by atoms with van der Waals surface area (Å²) in [7, 11) is 3.87. The Morgan fingerprint density at radius 1 is 1.00 bits per heavy atom. The first-order valence-electron chi connectivity index (χ1n) is 9.36. The average molecular weight is 389 g/mol. The molecule has 1 amide bonds. The largest absolute Gasteiger partial charge is 0.363 e. The van der Waals surface area contributed by atoms with Gasteiger partial charge in [0.05, 0.1) is 0 Å². The highest BCUT2D eigenvalue weighted by Crippen LogP contribution is 2.23. The molecule has 1 aromatic carbocycles. The van der Waals surface area contributed by atoms with Crippen LogP contribution in [0.15, 0.2) is 24.3 Å². The van der Waals surface area contributed by atoms with Gasteiger partial charge in [-0.1, -0.05) is 0 Å². The number of nitrogens with zero attached hydrogens (tertiary/aromatic N) is 3. The lowest BCUT2D eigenvalue weighted by Gasteiger charge is -2.30. The molecule has 0 saturated heterocycles. The number of halogens is 2. The van der Waals surface area contributed by atoms with Gasteiger partial charge in [0, 0.05) is 49.6 Å². The SMILES string of the molecule is Cc1cc(N(C)C)nc(N[C@H]2CC[C@@H](NC(=O)c3cc(F)cc(F)c3)CC2)n1. The van der Waals surface area contributed by atoms with Gasteiger partial charge >= 0.3 is 0 Å². The minimum Gasteiger partial charge on any atom is -0.363 e. The number of aryl methyl sites for hydroxylation is 1. The third kappa shape index (κ3) is 5.15. The van der Waals surface area contributed by atoms with Crippen molar-refractivity contribution in [2.24, 2.45) is 0 Å². The van der Waals surface area contributed by atoms with Gasteiger partial charge in [-0.3, -0.25) is 4.79 Å². The number of aromatic nitrogens is 2. The fraction of sp³-hybridized carbons (Fsp3) is 0.450. The fourth-order valence-corrected chi connectivity index (χ4v) is 3.36. The highest BCUT2D eigenvalue weighted by atomic mass is 19.1. The molecular formula is C20H25F2N5O. The number of nitrogens with one attached hydrogen (secondary N) is 2. The van der Waals surface area contributed by atoms with Gasteiger partial charge in [-0.05, 0) is 44.7 Å². The highest BCUT2D eigenvalue weighted by Gasteiger charge is 2.24. The Kier molecular flexibility index (Phi) is 6.06. The Morgan fingerprint density at radius 3 is 2.21 bits per heavy atom. The molecule has 0 unspecified atom stereocenters. The van der Waals surface area contributed by atoms with E-state index in [-0.39, 0.29) is 17.6 Å². The van der Waals surface area contributed by atoms with Crippen LogP contribution in [0.5, 0.6) is 0 Å². The summed E-state index contributed by atoms with van der Waals surface area (Å²) in [6.07, 6.45) is 3.23. The second kappa shape index (κ2) is 8.50. The lowest BCUT2D eigenvalue weighted by atomic mass is 9.91. The number of hydrogen-bond donors (Lipinski definition) is 2. The third-order valence-electron chi connectivity index (χ3n) is 4.82. The molecule has 28 heavy (non-hydrogen) atoms. The van der Waals surface area contributed by atoms with Gasteiger partial charge in [-0.25, -0.2) is 13.8 Å². The number of carbonyl (C=O) groups is 1. The van der Waals surface area contributed by atoms with E-state index in [2.05, 4.69) is 20.6 Å². The van der Waals surface area contributed by atoms with Gasteiger partial charge < -0.3 is 15.5 Å². The van der Waals surface area contributed by atoms with E-state index in [4.69, 9.17) is 0 Å². The molecule has 1 aromatic heterocycles. The second-order valence-corrected chi connectivity index (χ2v) is 7.41. The molecule has 2 N–H and O–H groups in total. The molecule has 3 rings (SSSR count). The molecular weight excluding hydrogens is 364 g/mol. The Bertz CT molecular complexity index is 830.